The van der Waals surface area contributed by atoms with E-state index in [1.165, 1.54) is 0 Å². The van der Waals surface area contributed by atoms with Gasteiger partial charge in [0.15, 0.2) is 0 Å². The first-order valence-electron chi connectivity index (χ1n) is 4.84. The molecule has 3 nitrogen and oxygen atoms in total. The van der Waals surface area contributed by atoms with Crippen LogP contribution >= 0.6 is 0 Å². The van der Waals surface area contributed by atoms with Gasteiger partial charge in [-0.25, -0.2) is 17.6 Å². The summed E-state index contributed by atoms with van der Waals surface area (Å²) in [7, 11) is 0. The lowest BCUT2D eigenvalue weighted by Gasteiger charge is -2.23. The van der Waals surface area contributed by atoms with Crippen LogP contribution in [0.2, 0.25) is 0 Å². The molecule has 7 heteroatoms. The lowest BCUT2D eigenvalue weighted by atomic mass is 9.92. The molecule has 1 amide bonds. The summed E-state index contributed by atoms with van der Waals surface area (Å²) >= 11 is 0. The molecule has 1 rings (SSSR count). The summed E-state index contributed by atoms with van der Waals surface area (Å²) in [6, 6.07) is 2.98. The van der Waals surface area contributed by atoms with Gasteiger partial charge in [0.1, 0.15) is 25.0 Å². The van der Waals surface area contributed by atoms with E-state index in [2.05, 4.69) is 0 Å². The molecule has 1 radical (unpaired) electrons. The van der Waals surface area contributed by atoms with Crippen molar-refractivity contribution in [3.63, 3.8) is 0 Å². The number of carbonyl (C=O) groups excluding carboxylic acids is 1. The average Bonchev–Trinajstić information content (AvgIpc) is 2.31. The minimum absolute atomic E-state index is 0.618. The van der Waals surface area contributed by atoms with Gasteiger partial charge in [-0.15, -0.1) is 0 Å². The molecule has 0 aliphatic rings. The second-order valence-electron chi connectivity index (χ2n) is 3.51. The predicted octanol–water partition coefficient (Wildman–Crippen LogP) is 1.44. The fraction of sp³-hybridized carbons (Fsp3) is 0.273. The summed E-state index contributed by atoms with van der Waals surface area (Å²) in [5.74, 6) is -7.62. The van der Waals surface area contributed by atoms with E-state index in [-0.39, 0.29) is 0 Å². The van der Waals surface area contributed by atoms with Crippen molar-refractivity contribution in [3.8, 4) is 0 Å². The minimum atomic E-state index is -3.91. The van der Waals surface area contributed by atoms with Gasteiger partial charge in [0.05, 0.1) is 5.56 Å². The predicted molar refractivity (Wildman–Crippen MR) is 55.3 cm³/mol. The van der Waals surface area contributed by atoms with Crippen LogP contribution in [-0.2, 0) is 0 Å². The molecule has 99 valence electrons. The summed E-state index contributed by atoms with van der Waals surface area (Å²) in [5, 5.41) is 8.47. The Bertz CT molecular complexity index is 451. The molecule has 0 unspecified atom stereocenters. The monoisotopic (exact) mass is 264 g/mol. The number of amides is 1. The van der Waals surface area contributed by atoms with E-state index in [9.17, 15) is 22.4 Å². The van der Waals surface area contributed by atoms with Crippen LogP contribution in [0.3, 0.4) is 0 Å². The minimum Gasteiger partial charge on any atom is -0.390 e. The van der Waals surface area contributed by atoms with Gasteiger partial charge >= 0.3 is 0 Å². The molecule has 3 N–H and O–H groups in total. The summed E-state index contributed by atoms with van der Waals surface area (Å²) in [6.45, 7) is -3.32. The highest BCUT2D eigenvalue weighted by Crippen LogP contribution is 2.34. The second kappa shape index (κ2) is 5.34. The van der Waals surface area contributed by atoms with Gasteiger partial charge in [-0.1, -0.05) is 12.1 Å². The molecule has 0 fully saturated rings. The Kier molecular flexibility index (Phi) is 4.28. The van der Waals surface area contributed by atoms with Crippen molar-refractivity contribution in [1.82, 2.24) is 0 Å². The molecule has 0 saturated carbocycles. The fourth-order valence-corrected chi connectivity index (χ4v) is 1.42. The number of alkyl halides is 3. The number of carbonyl (C=O) groups is 1. The van der Waals surface area contributed by atoms with Gasteiger partial charge in [0.2, 0.25) is 0 Å². The Hall–Kier alpha value is -1.63. The SMILES string of the molecule is NC(=O)c1cccc([C](CF)C(F)(F)CO)c1F. The molecule has 0 aliphatic carbocycles. The zero-order chi connectivity index (χ0) is 13.9. The van der Waals surface area contributed by atoms with Crippen LogP contribution in [0, 0.1) is 11.7 Å². The van der Waals surface area contributed by atoms with Crippen molar-refractivity contribution in [3.05, 3.63) is 41.1 Å². The Balaban J connectivity index is 3.31. The van der Waals surface area contributed by atoms with Crippen LogP contribution in [0.15, 0.2) is 18.2 Å². The smallest absolute Gasteiger partial charge is 0.283 e. The summed E-state index contributed by atoms with van der Waals surface area (Å²) in [5.41, 5.74) is 3.46. The van der Waals surface area contributed by atoms with Crippen molar-refractivity contribution in [2.75, 3.05) is 13.3 Å². The van der Waals surface area contributed by atoms with Crippen LogP contribution in [0.4, 0.5) is 17.6 Å². The molecule has 1 aromatic carbocycles. The van der Waals surface area contributed by atoms with E-state index < -0.39 is 48.0 Å². The van der Waals surface area contributed by atoms with Gasteiger partial charge in [-0.3, -0.25) is 4.79 Å². The number of aliphatic hydroxyl groups excluding tert-OH is 1. The van der Waals surface area contributed by atoms with E-state index in [0.29, 0.717) is 0 Å². The highest BCUT2D eigenvalue weighted by molar-refractivity contribution is 5.93. The lowest BCUT2D eigenvalue weighted by molar-refractivity contribution is -0.0372. The molecule has 0 bridgehead atoms. The second-order valence-corrected chi connectivity index (χ2v) is 3.51. The highest BCUT2D eigenvalue weighted by Gasteiger charge is 2.42. The van der Waals surface area contributed by atoms with Crippen molar-refractivity contribution < 1.29 is 27.5 Å². The van der Waals surface area contributed by atoms with Crippen molar-refractivity contribution >= 4 is 5.91 Å². The number of nitrogens with two attached hydrogens (primary N) is 1. The van der Waals surface area contributed by atoms with Gasteiger partial charge in [-0.2, -0.15) is 0 Å². The van der Waals surface area contributed by atoms with Crippen LogP contribution in [-0.4, -0.2) is 30.2 Å². The van der Waals surface area contributed by atoms with Gasteiger partial charge in [0.25, 0.3) is 11.8 Å². The average molecular weight is 264 g/mol. The third-order valence-electron chi connectivity index (χ3n) is 2.36. The van der Waals surface area contributed by atoms with Crippen LogP contribution in [0.25, 0.3) is 0 Å². The normalized spacial score (nSPS) is 11.9. The first-order valence-corrected chi connectivity index (χ1v) is 4.84. The largest absolute Gasteiger partial charge is 0.390 e. The summed E-state index contributed by atoms with van der Waals surface area (Å²) in [4.78, 5) is 10.8. The van der Waals surface area contributed by atoms with Gasteiger partial charge in [0, 0.05) is 5.56 Å². The summed E-state index contributed by atoms with van der Waals surface area (Å²) < 4.78 is 52.8. The van der Waals surface area contributed by atoms with E-state index in [4.69, 9.17) is 10.8 Å². The lowest BCUT2D eigenvalue weighted by Crippen LogP contribution is -2.33. The van der Waals surface area contributed by atoms with E-state index in [1.807, 2.05) is 0 Å². The Morgan fingerprint density at radius 3 is 2.33 bits per heavy atom. The number of hydrogen-bond donors (Lipinski definition) is 2. The molecule has 18 heavy (non-hydrogen) atoms. The molecule has 0 aliphatic heterocycles. The maximum atomic E-state index is 13.7. The first kappa shape index (κ1) is 14.4. The number of primary amides is 1. The first-order chi connectivity index (χ1) is 8.35. The highest BCUT2D eigenvalue weighted by atomic mass is 19.3. The van der Waals surface area contributed by atoms with Crippen LogP contribution in [0.1, 0.15) is 15.9 Å². The van der Waals surface area contributed by atoms with Crippen LogP contribution < -0.4 is 5.73 Å². The number of aliphatic hydroxyl groups is 1. The molecule has 0 heterocycles. The zero-order valence-electron chi connectivity index (χ0n) is 9.09. The fourth-order valence-electron chi connectivity index (χ4n) is 1.42. The Morgan fingerprint density at radius 1 is 1.33 bits per heavy atom. The van der Waals surface area contributed by atoms with Gasteiger partial charge < -0.3 is 10.8 Å². The zero-order valence-corrected chi connectivity index (χ0v) is 9.09. The number of hydrogen-bond acceptors (Lipinski definition) is 2. The standard InChI is InChI=1S/C11H10F4NO2/c12-4-8(11(14,15)5-17)6-2-1-3-7(9(6)13)10(16)18/h1-3,17H,4-5H2,(H2,16,18). The topological polar surface area (TPSA) is 63.3 Å². The molecular formula is C11H10F4NO2. The molecule has 1 aromatic rings. The maximum Gasteiger partial charge on any atom is 0.283 e. The van der Waals surface area contributed by atoms with Gasteiger partial charge in [-0.05, 0) is 6.07 Å². The molecule has 0 atom stereocenters. The van der Waals surface area contributed by atoms with Crippen molar-refractivity contribution in [2.45, 2.75) is 5.92 Å². The molecule has 0 saturated heterocycles. The van der Waals surface area contributed by atoms with Crippen molar-refractivity contribution in [2.24, 2.45) is 5.73 Å². The summed E-state index contributed by atoms with van der Waals surface area (Å²) in [6.07, 6.45) is 0. The van der Waals surface area contributed by atoms with E-state index in [0.717, 1.165) is 18.2 Å². The van der Waals surface area contributed by atoms with E-state index >= 15 is 0 Å². The molecule has 0 spiro atoms. The Labute approximate surface area is 100 Å². The number of rotatable bonds is 5. The third-order valence-corrected chi connectivity index (χ3v) is 2.36. The molecule has 0 aromatic heterocycles. The quantitative estimate of drug-likeness (QED) is 0.790. The molecular weight excluding hydrogens is 254 g/mol. The van der Waals surface area contributed by atoms with Crippen LogP contribution in [0.5, 0.6) is 0 Å². The number of halogens is 4. The van der Waals surface area contributed by atoms with Crippen molar-refractivity contribution in [1.29, 1.82) is 0 Å². The Morgan fingerprint density at radius 2 is 1.89 bits per heavy atom. The maximum absolute atomic E-state index is 13.7. The van der Waals surface area contributed by atoms with E-state index in [1.54, 1.807) is 0 Å². The number of benzene rings is 1. The third kappa shape index (κ3) is 2.61.